The van der Waals surface area contributed by atoms with E-state index in [0.29, 0.717) is 38.0 Å². The quantitative estimate of drug-likeness (QED) is 0.230. The van der Waals surface area contributed by atoms with Gasteiger partial charge in [-0.3, -0.25) is 4.98 Å². The molecule has 2 aliphatic carbocycles. The first-order chi connectivity index (χ1) is 18.3. The molecule has 6 nitrogen and oxygen atoms in total. The van der Waals surface area contributed by atoms with Crippen LogP contribution in [0.4, 0.5) is 0 Å². The Hall–Kier alpha value is -3.06. The lowest BCUT2D eigenvalue weighted by atomic mass is 9.93. The summed E-state index contributed by atoms with van der Waals surface area (Å²) in [7, 11) is 0. The Morgan fingerprint density at radius 3 is 2.55 bits per heavy atom. The molecule has 0 aliphatic heterocycles. The van der Waals surface area contributed by atoms with Gasteiger partial charge < -0.3 is 14.4 Å². The standard InChI is InChI=1S/C29H23Cl3N2O4/c1-29(17-9-16(28(35)36)12-33-13-17)11-21(29)19-8-7-18(10-24(19)32)37-14-20-26(34-38-27(20)15-5-6-15)25-22(30)3-2-4-23(25)31/h2-4,7-10,12-13,15,21H,5-6,11,14H2,1H3,(H,35,36). The van der Waals surface area contributed by atoms with Crippen molar-refractivity contribution in [3.05, 3.63) is 97.9 Å². The third-order valence-corrected chi connectivity index (χ3v) is 8.54. The van der Waals surface area contributed by atoms with E-state index in [0.717, 1.165) is 41.7 Å². The summed E-state index contributed by atoms with van der Waals surface area (Å²) in [5.74, 6) is 0.920. The van der Waals surface area contributed by atoms with E-state index in [-0.39, 0.29) is 23.5 Å². The van der Waals surface area contributed by atoms with Crippen LogP contribution in [0.15, 0.2) is 59.4 Å². The van der Waals surface area contributed by atoms with Crippen LogP contribution in [0.5, 0.6) is 5.75 Å². The Labute approximate surface area is 234 Å². The molecule has 2 atom stereocenters. The minimum atomic E-state index is -0.989. The summed E-state index contributed by atoms with van der Waals surface area (Å²) >= 11 is 19.7. The van der Waals surface area contributed by atoms with E-state index in [1.165, 1.54) is 6.20 Å². The van der Waals surface area contributed by atoms with Gasteiger partial charge in [-0.1, -0.05) is 59.0 Å². The predicted octanol–water partition coefficient (Wildman–Crippen LogP) is 8.30. The van der Waals surface area contributed by atoms with Crippen LogP contribution < -0.4 is 4.74 Å². The molecule has 0 radical (unpaired) electrons. The smallest absolute Gasteiger partial charge is 0.337 e. The highest BCUT2D eigenvalue weighted by Crippen LogP contribution is 2.61. The van der Waals surface area contributed by atoms with E-state index < -0.39 is 5.97 Å². The van der Waals surface area contributed by atoms with Crippen molar-refractivity contribution in [1.82, 2.24) is 10.1 Å². The SMILES string of the molecule is CC1(c2cncc(C(=O)O)c2)CC1c1ccc(OCc2c(-c3c(Cl)cccc3Cl)noc2C2CC2)cc1Cl. The second kappa shape index (κ2) is 9.60. The summed E-state index contributed by atoms with van der Waals surface area (Å²) in [5.41, 5.74) is 3.90. The number of nitrogens with zero attached hydrogens (tertiary/aromatic N) is 2. The average Bonchev–Trinajstić information content (AvgIpc) is 3.81. The number of hydrogen-bond donors (Lipinski definition) is 1. The number of benzene rings is 2. The minimum absolute atomic E-state index is 0.156. The lowest BCUT2D eigenvalue weighted by Crippen LogP contribution is -2.07. The lowest BCUT2D eigenvalue weighted by Gasteiger charge is -2.14. The summed E-state index contributed by atoms with van der Waals surface area (Å²) in [6.45, 7) is 2.34. The van der Waals surface area contributed by atoms with Crippen molar-refractivity contribution in [2.24, 2.45) is 0 Å². The molecule has 4 aromatic rings. The van der Waals surface area contributed by atoms with Crippen LogP contribution in [0.1, 0.15) is 70.8 Å². The number of carbonyl (C=O) groups is 1. The van der Waals surface area contributed by atoms with Gasteiger partial charge in [0, 0.05) is 34.3 Å². The summed E-state index contributed by atoms with van der Waals surface area (Å²) in [6.07, 6.45) is 6.04. The monoisotopic (exact) mass is 568 g/mol. The summed E-state index contributed by atoms with van der Waals surface area (Å²) in [6, 6.07) is 12.7. The van der Waals surface area contributed by atoms with E-state index in [1.807, 2.05) is 18.2 Å². The van der Waals surface area contributed by atoms with Crippen molar-refractivity contribution < 1.29 is 19.2 Å². The van der Waals surface area contributed by atoms with Crippen molar-refractivity contribution in [3.63, 3.8) is 0 Å². The fourth-order valence-corrected chi connectivity index (χ4v) is 5.97. The molecule has 0 saturated heterocycles. The Morgan fingerprint density at radius 1 is 1.11 bits per heavy atom. The van der Waals surface area contributed by atoms with Crippen LogP contribution in [0.25, 0.3) is 11.3 Å². The maximum Gasteiger partial charge on any atom is 0.337 e. The van der Waals surface area contributed by atoms with Crippen LogP contribution in [-0.4, -0.2) is 21.2 Å². The number of hydrogen-bond acceptors (Lipinski definition) is 5. The summed E-state index contributed by atoms with van der Waals surface area (Å²) in [4.78, 5) is 15.5. The number of pyridine rings is 1. The van der Waals surface area contributed by atoms with E-state index >= 15 is 0 Å². The molecule has 38 heavy (non-hydrogen) atoms. The van der Waals surface area contributed by atoms with Crippen LogP contribution in [0.3, 0.4) is 0 Å². The number of ether oxygens (including phenoxy) is 1. The molecule has 0 bridgehead atoms. The average molecular weight is 570 g/mol. The molecule has 0 amide bonds. The molecule has 2 fully saturated rings. The third kappa shape index (κ3) is 4.55. The van der Waals surface area contributed by atoms with Crippen molar-refractivity contribution in [3.8, 4) is 17.0 Å². The van der Waals surface area contributed by atoms with Crippen molar-refractivity contribution in [2.75, 3.05) is 0 Å². The largest absolute Gasteiger partial charge is 0.489 e. The highest BCUT2D eigenvalue weighted by molar-refractivity contribution is 6.39. The highest BCUT2D eigenvalue weighted by Gasteiger charge is 2.53. The molecule has 1 N–H and O–H groups in total. The van der Waals surface area contributed by atoms with Crippen molar-refractivity contribution >= 4 is 40.8 Å². The molecule has 2 unspecified atom stereocenters. The zero-order valence-corrected chi connectivity index (χ0v) is 22.6. The van der Waals surface area contributed by atoms with Gasteiger partial charge in [-0.05, 0) is 66.6 Å². The van der Waals surface area contributed by atoms with Crippen molar-refractivity contribution in [1.29, 1.82) is 0 Å². The van der Waals surface area contributed by atoms with E-state index in [9.17, 15) is 9.90 Å². The van der Waals surface area contributed by atoms with Gasteiger partial charge in [0.1, 0.15) is 23.8 Å². The zero-order chi connectivity index (χ0) is 26.6. The molecule has 194 valence electrons. The Morgan fingerprint density at radius 2 is 1.87 bits per heavy atom. The van der Waals surface area contributed by atoms with Gasteiger partial charge in [-0.2, -0.15) is 0 Å². The Bertz CT molecular complexity index is 1550. The molecule has 2 heterocycles. The van der Waals surface area contributed by atoms with Gasteiger partial charge in [0.2, 0.25) is 0 Å². The first-order valence-electron chi connectivity index (χ1n) is 12.3. The van der Waals surface area contributed by atoms with E-state index in [1.54, 1.807) is 30.5 Å². The topological polar surface area (TPSA) is 85.5 Å². The molecule has 2 aromatic heterocycles. The van der Waals surface area contributed by atoms with Crippen LogP contribution in [0.2, 0.25) is 15.1 Å². The molecule has 9 heteroatoms. The number of carboxylic acid groups (broad SMARTS) is 1. The lowest BCUT2D eigenvalue weighted by molar-refractivity contribution is 0.0696. The number of rotatable bonds is 8. The molecule has 0 spiro atoms. The molecule has 2 aliphatic rings. The third-order valence-electron chi connectivity index (χ3n) is 7.58. The second-order valence-electron chi connectivity index (χ2n) is 10.2. The van der Waals surface area contributed by atoms with E-state index in [2.05, 4.69) is 17.1 Å². The molecular formula is C29H23Cl3N2O4. The normalized spacial score (nSPS) is 20.4. The van der Waals surface area contributed by atoms with Crippen LogP contribution >= 0.6 is 34.8 Å². The summed E-state index contributed by atoms with van der Waals surface area (Å²) < 4.78 is 11.9. The summed E-state index contributed by atoms with van der Waals surface area (Å²) in [5, 5.41) is 15.2. The van der Waals surface area contributed by atoms with Crippen LogP contribution in [0, 0.1) is 0 Å². The number of carboxylic acids is 1. The minimum Gasteiger partial charge on any atom is -0.489 e. The fourth-order valence-electron chi connectivity index (χ4n) is 5.09. The van der Waals surface area contributed by atoms with Gasteiger partial charge in [0.25, 0.3) is 0 Å². The fraction of sp³-hybridized carbons (Fsp3) is 0.276. The Kier molecular flexibility index (Phi) is 6.37. The number of aromatic nitrogens is 2. The molecule has 2 saturated carbocycles. The zero-order valence-electron chi connectivity index (χ0n) is 20.4. The maximum absolute atomic E-state index is 11.4. The van der Waals surface area contributed by atoms with Gasteiger partial charge in [-0.25, -0.2) is 4.79 Å². The maximum atomic E-state index is 11.4. The number of halogens is 3. The molecular weight excluding hydrogens is 547 g/mol. The first kappa shape index (κ1) is 25.2. The van der Waals surface area contributed by atoms with E-state index in [4.69, 9.17) is 44.1 Å². The first-order valence-corrected chi connectivity index (χ1v) is 13.4. The van der Waals surface area contributed by atoms with Gasteiger partial charge in [-0.15, -0.1) is 0 Å². The Balaban J connectivity index is 1.23. The van der Waals surface area contributed by atoms with Gasteiger partial charge in [0.05, 0.1) is 21.2 Å². The number of aromatic carboxylic acids is 1. The van der Waals surface area contributed by atoms with Gasteiger partial charge in [0.15, 0.2) is 0 Å². The molecule has 6 rings (SSSR count). The van der Waals surface area contributed by atoms with Crippen LogP contribution in [-0.2, 0) is 12.0 Å². The van der Waals surface area contributed by atoms with Gasteiger partial charge >= 0.3 is 5.97 Å². The molecule has 2 aromatic carbocycles. The highest BCUT2D eigenvalue weighted by atomic mass is 35.5. The van der Waals surface area contributed by atoms with Crippen molar-refractivity contribution in [2.45, 2.75) is 50.0 Å². The predicted molar refractivity (Wildman–Crippen MR) is 146 cm³/mol. The second-order valence-corrected chi connectivity index (χ2v) is 11.4.